The third-order valence-corrected chi connectivity index (χ3v) is 3.53. The number of halogens is 3. The van der Waals surface area contributed by atoms with E-state index in [9.17, 15) is 13.2 Å². The van der Waals surface area contributed by atoms with Gasteiger partial charge in [-0.15, -0.1) is 0 Å². The highest BCUT2D eigenvalue weighted by Crippen LogP contribution is 2.40. The average molecular weight is 293 g/mol. The third kappa shape index (κ3) is 2.64. The number of hydrogen-bond acceptors (Lipinski definition) is 5. The van der Waals surface area contributed by atoms with Gasteiger partial charge in [-0.3, -0.25) is 0 Å². The monoisotopic (exact) mass is 293 g/mol. The first-order valence-corrected chi connectivity index (χ1v) is 6.91. The van der Waals surface area contributed by atoms with Crippen molar-refractivity contribution in [3.63, 3.8) is 0 Å². The predicted molar refractivity (Wildman–Crippen MR) is 67.0 cm³/mol. The molecule has 0 aliphatic rings. The SMILES string of the molecule is CCCNc1nsnc1-c1cscc1C(F)(F)F. The summed E-state index contributed by atoms with van der Waals surface area (Å²) < 4.78 is 46.3. The van der Waals surface area contributed by atoms with Crippen molar-refractivity contribution >= 4 is 28.9 Å². The average Bonchev–Trinajstić information content (AvgIpc) is 2.93. The Balaban J connectivity index is 2.38. The fraction of sp³-hybridized carbons (Fsp3) is 0.400. The molecular weight excluding hydrogens is 283 g/mol. The van der Waals surface area contributed by atoms with Gasteiger partial charge in [-0.1, -0.05) is 6.92 Å². The molecule has 8 heteroatoms. The van der Waals surface area contributed by atoms with Crippen LogP contribution in [0.4, 0.5) is 19.0 Å². The molecule has 0 aromatic carbocycles. The maximum Gasteiger partial charge on any atom is 0.417 e. The van der Waals surface area contributed by atoms with Crippen LogP contribution in [0.1, 0.15) is 18.9 Å². The van der Waals surface area contributed by atoms with Gasteiger partial charge in [0.25, 0.3) is 0 Å². The normalized spacial score (nSPS) is 11.8. The molecule has 18 heavy (non-hydrogen) atoms. The third-order valence-electron chi connectivity index (χ3n) is 2.25. The van der Waals surface area contributed by atoms with Crippen molar-refractivity contribution in [3.05, 3.63) is 16.3 Å². The van der Waals surface area contributed by atoms with E-state index >= 15 is 0 Å². The number of alkyl halides is 3. The molecule has 98 valence electrons. The van der Waals surface area contributed by atoms with E-state index in [1.807, 2.05) is 6.92 Å². The molecule has 0 unspecified atom stereocenters. The Kier molecular flexibility index (Phi) is 3.86. The number of anilines is 1. The van der Waals surface area contributed by atoms with E-state index in [1.54, 1.807) is 0 Å². The van der Waals surface area contributed by atoms with E-state index < -0.39 is 11.7 Å². The largest absolute Gasteiger partial charge is 0.417 e. The molecule has 2 aromatic heterocycles. The van der Waals surface area contributed by atoms with Gasteiger partial charge in [0, 0.05) is 22.9 Å². The number of nitrogens with one attached hydrogen (secondary N) is 1. The van der Waals surface area contributed by atoms with Crippen LogP contribution in [0.15, 0.2) is 10.8 Å². The van der Waals surface area contributed by atoms with Gasteiger partial charge in [0.2, 0.25) is 0 Å². The van der Waals surface area contributed by atoms with Gasteiger partial charge in [-0.25, -0.2) is 0 Å². The smallest absolute Gasteiger partial charge is 0.367 e. The van der Waals surface area contributed by atoms with Crippen LogP contribution in [0.3, 0.4) is 0 Å². The number of hydrogen-bond donors (Lipinski definition) is 1. The molecule has 2 aromatic rings. The summed E-state index contributed by atoms with van der Waals surface area (Å²) in [5.41, 5.74) is -0.276. The quantitative estimate of drug-likeness (QED) is 0.922. The van der Waals surface area contributed by atoms with Crippen LogP contribution in [-0.2, 0) is 6.18 Å². The van der Waals surface area contributed by atoms with Crippen molar-refractivity contribution in [2.45, 2.75) is 19.5 Å². The van der Waals surface area contributed by atoms with Crippen LogP contribution in [0.2, 0.25) is 0 Å². The standard InChI is InChI=1S/C10H10F3N3S2/c1-2-3-14-9-8(15-18-16-9)6-4-17-5-7(6)10(11,12)13/h4-5H,2-3H2,1H3,(H,14,16). The van der Waals surface area contributed by atoms with Crippen LogP contribution in [0.25, 0.3) is 11.3 Å². The fourth-order valence-electron chi connectivity index (χ4n) is 1.42. The maximum atomic E-state index is 12.8. The van der Waals surface area contributed by atoms with Crippen molar-refractivity contribution in [2.75, 3.05) is 11.9 Å². The first-order chi connectivity index (χ1) is 8.54. The lowest BCUT2D eigenvalue weighted by molar-refractivity contribution is -0.136. The zero-order valence-electron chi connectivity index (χ0n) is 9.41. The van der Waals surface area contributed by atoms with Gasteiger partial charge in [0.15, 0.2) is 5.82 Å². The summed E-state index contributed by atoms with van der Waals surface area (Å²) in [7, 11) is 0. The summed E-state index contributed by atoms with van der Waals surface area (Å²) in [6.07, 6.45) is -3.49. The summed E-state index contributed by atoms with van der Waals surface area (Å²) in [5.74, 6) is 0.422. The first-order valence-electron chi connectivity index (χ1n) is 5.24. The second-order valence-electron chi connectivity index (χ2n) is 3.59. The van der Waals surface area contributed by atoms with Crippen LogP contribution < -0.4 is 5.32 Å². The van der Waals surface area contributed by atoms with E-state index in [2.05, 4.69) is 14.1 Å². The summed E-state index contributed by atoms with van der Waals surface area (Å²) in [6, 6.07) is 0. The lowest BCUT2D eigenvalue weighted by Crippen LogP contribution is -2.06. The molecule has 1 N–H and O–H groups in total. The molecule has 0 saturated carbocycles. The fourth-order valence-corrected chi connectivity index (χ4v) is 2.80. The molecule has 0 fully saturated rings. The van der Waals surface area contributed by atoms with Crippen molar-refractivity contribution < 1.29 is 13.2 Å². The number of aromatic nitrogens is 2. The summed E-state index contributed by atoms with van der Waals surface area (Å²) in [4.78, 5) is 0. The number of rotatable bonds is 4. The first kappa shape index (κ1) is 13.3. The van der Waals surface area contributed by atoms with Gasteiger partial charge in [0.1, 0.15) is 5.69 Å². The van der Waals surface area contributed by atoms with Crippen molar-refractivity contribution in [2.24, 2.45) is 0 Å². The molecule has 0 amide bonds. The van der Waals surface area contributed by atoms with Crippen LogP contribution >= 0.6 is 23.1 Å². The maximum absolute atomic E-state index is 12.8. The minimum atomic E-state index is -4.36. The Labute approximate surface area is 110 Å². The van der Waals surface area contributed by atoms with Gasteiger partial charge in [-0.2, -0.15) is 33.3 Å². The van der Waals surface area contributed by atoms with E-state index in [4.69, 9.17) is 0 Å². The molecular formula is C10H10F3N3S2. The molecule has 3 nitrogen and oxygen atoms in total. The number of thiophene rings is 1. The minimum absolute atomic E-state index is 0.0971. The van der Waals surface area contributed by atoms with Crippen LogP contribution in [0.5, 0.6) is 0 Å². The second-order valence-corrected chi connectivity index (χ2v) is 4.86. The topological polar surface area (TPSA) is 37.8 Å². The lowest BCUT2D eigenvalue weighted by Gasteiger charge is -2.07. The Hall–Kier alpha value is -1.15. The minimum Gasteiger partial charge on any atom is -0.367 e. The van der Waals surface area contributed by atoms with Crippen molar-refractivity contribution in [1.29, 1.82) is 0 Å². The molecule has 0 saturated heterocycles. The van der Waals surface area contributed by atoms with Crippen LogP contribution in [-0.4, -0.2) is 15.3 Å². The summed E-state index contributed by atoms with van der Waals surface area (Å²) >= 11 is 1.92. The summed E-state index contributed by atoms with van der Waals surface area (Å²) in [6.45, 7) is 2.63. The molecule has 2 heterocycles. The van der Waals surface area contributed by atoms with Crippen molar-refractivity contribution in [3.8, 4) is 11.3 Å². The van der Waals surface area contributed by atoms with E-state index in [1.165, 1.54) is 5.38 Å². The highest BCUT2D eigenvalue weighted by molar-refractivity contribution is 7.08. The van der Waals surface area contributed by atoms with Gasteiger partial charge in [0.05, 0.1) is 17.3 Å². The Bertz CT molecular complexity index is 518. The molecule has 0 radical (unpaired) electrons. The lowest BCUT2D eigenvalue weighted by atomic mass is 10.1. The van der Waals surface area contributed by atoms with Gasteiger partial charge >= 0.3 is 6.18 Å². The van der Waals surface area contributed by atoms with Crippen molar-refractivity contribution in [1.82, 2.24) is 8.75 Å². The van der Waals surface area contributed by atoms with Gasteiger partial charge < -0.3 is 5.32 Å². The molecule has 0 aliphatic heterocycles. The van der Waals surface area contributed by atoms with Gasteiger partial charge in [-0.05, 0) is 6.42 Å². The Morgan fingerprint density at radius 3 is 2.72 bits per heavy atom. The summed E-state index contributed by atoms with van der Waals surface area (Å²) in [5, 5.41) is 5.53. The van der Waals surface area contributed by atoms with E-state index in [0.29, 0.717) is 12.4 Å². The highest BCUT2D eigenvalue weighted by Gasteiger charge is 2.35. The molecule has 0 atom stereocenters. The predicted octanol–water partition coefficient (Wildman–Crippen LogP) is 4.11. The Morgan fingerprint density at radius 2 is 2.06 bits per heavy atom. The molecule has 0 aliphatic carbocycles. The highest BCUT2D eigenvalue weighted by atomic mass is 32.1. The van der Waals surface area contributed by atoms with Crippen LogP contribution in [0, 0.1) is 0 Å². The zero-order valence-corrected chi connectivity index (χ0v) is 11.0. The Morgan fingerprint density at radius 1 is 1.28 bits per heavy atom. The number of nitrogens with zero attached hydrogens (tertiary/aromatic N) is 2. The van der Waals surface area contributed by atoms with E-state index in [-0.39, 0.29) is 11.3 Å². The molecule has 0 bridgehead atoms. The molecule has 0 spiro atoms. The zero-order chi connectivity index (χ0) is 13.2. The van der Waals surface area contributed by atoms with E-state index in [0.717, 1.165) is 34.9 Å². The second kappa shape index (κ2) is 5.23. The molecule has 2 rings (SSSR count).